The molecule has 0 spiro atoms. The molecule has 0 amide bonds. The largest absolute Gasteiger partial charge is 0.316 e. The molecule has 0 atom stereocenters. The number of hydrogen-bond donors (Lipinski definition) is 1. The quantitative estimate of drug-likeness (QED) is 0.846. The highest BCUT2D eigenvalue weighted by molar-refractivity contribution is 14.1. The molecule has 0 fully saturated rings. The Labute approximate surface area is 108 Å². The Hall–Kier alpha value is -0.390. The third-order valence-electron chi connectivity index (χ3n) is 2.26. The van der Waals surface area contributed by atoms with Crippen LogP contribution in [-0.2, 0) is 6.54 Å². The molecular weight excluding hydrogens is 317 g/mol. The smallest absolute Gasteiger partial charge is 0.0216 e. The fourth-order valence-electron chi connectivity index (χ4n) is 1.53. The van der Waals surface area contributed by atoms with E-state index in [-0.39, 0.29) is 0 Å². The number of hydrogen-bond acceptors (Lipinski definition) is 2. The third kappa shape index (κ3) is 2.59. The Balaban J connectivity index is 2.36. The molecule has 0 saturated heterocycles. The highest BCUT2D eigenvalue weighted by Crippen LogP contribution is 2.27. The first-order valence-electron chi connectivity index (χ1n) is 4.77. The SMILES string of the molecule is CNCc1cscc1-c1ccc(I)cc1. The number of halogens is 1. The van der Waals surface area contributed by atoms with Crippen molar-refractivity contribution >= 4 is 33.9 Å². The van der Waals surface area contributed by atoms with Crippen LogP contribution in [0.5, 0.6) is 0 Å². The van der Waals surface area contributed by atoms with Crippen LogP contribution in [0.2, 0.25) is 0 Å². The van der Waals surface area contributed by atoms with Gasteiger partial charge in [0.05, 0.1) is 0 Å². The van der Waals surface area contributed by atoms with Crippen LogP contribution >= 0.6 is 33.9 Å². The molecule has 2 aromatic rings. The lowest BCUT2D eigenvalue weighted by molar-refractivity contribution is 0.822. The minimum Gasteiger partial charge on any atom is -0.316 e. The Morgan fingerprint density at radius 3 is 2.60 bits per heavy atom. The van der Waals surface area contributed by atoms with Crippen LogP contribution in [0.1, 0.15) is 5.56 Å². The molecule has 3 heteroatoms. The summed E-state index contributed by atoms with van der Waals surface area (Å²) in [7, 11) is 1.98. The van der Waals surface area contributed by atoms with Gasteiger partial charge in [0.1, 0.15) is 0 Å². The van der Waals surface area contributed by atoms with Crippen molar-refractivity contribution in [1.82, 2.24) is 5.32 Å². The van der Waals surface area contributed by atoms with Gasteiger partial charge >= 0.3 is 0 Å². The Morgan fingerprint density at radius 2 is 1.93 bits per heavy atom. The molecular formula is C12H12INS. The molecule has 0 aliphatic carbocycles. The lowest BCUT2D eigenvalue weighted by Crippen LogP contribution is -2.04. The van der Waals surface area contributed by atoms with E-state index >= 15 is 0 Å². The second kappa shape index (κ2) is 5.09. The van der Waals surface area contributed by atoms with E-state index < -0.39 is 0 Å². The van der Waals surface area contributed by atoms with E-state index in [9.17, 15) is 0 Å². The summed E-state index contributed by atoms with van der Waals surface area (Å²) >= 11 is 4.09. The minimum atomic E-state index is 0.935. The van der Waals surface area contributed by atoms with Gasteiger partial charge in [-0.3, -0.25) is 0 Å². The van der Waals surface area contributed by atoms with Crippen molar-refractivity contribution in [2.75, 3.05) is 7.05 Å². The first-order valence-corrected chi connectivity index (χ1v) is 6.79. The van der Waals surface area contributed by atoms with Crippen LogP contribution < -0.4 is 5.32 Å². The zero-order valence-corrected chi connectivity index (χ0v) is 11.4. The fourth-order valence-corrected chi connectivity index (χ4v) is 2.76. The van der Waals surface area contributed by atoms with Crippen LogP contribution in [0.25, 0.3) is 11.1 Å². The summed E-state index contributed by atoms with van der Waals surface area (Å²) < 4.78 is 1.28. The van der Waals surface area contributed by atoms with Crippen molar-refractivity contribution in [2.24, 2.45) is 0 Å². The number of thiophene rings is 1. The van der Waals surface area contributed by atoms with E-state index in [1.807, 2.05) is 7.05 Å². The lowest BCUT2D eigenvalue weighted by atomic mass is 10.1. The van der Waals surface area contributed by atoms with E-state index in [0.29, 0.717) is 0 Å². The molecule has 0 aliphatic rings. The molecule has 1 aromatic carbocycles. The molecule has 1 heterocycles. The predicted molar refractivity (Wildman–Crippen MR) is 75.2 cm³/mol. The zero-order chi connectivity index (χ0) is 10.7. The maximum absolute atomic E-state index is 3.20. The average molecular weight is 329 g/mol. The first-order chi connectivity index (χ1) is 7.31. The summed E-state index contributed by atoms with van der Waals surface area (Å²) in [5.74, 6) is 0. The molecule has 0 saturated carbocycles. The summed E-state index contributed by atoms with van der Waals surface area (Å²) in [5.41, 5.74) is 4.04. The van der Waals surface area contributed by atoms with Crippen molar-refractivity contribution in [3.8, 4) is 11.1 Å². The normalized spacial score (nSPS) is 10.5. The van der Waals surface area contributed by atoms with Gasteiger partial charge in [-0.25, -0.2) is 0 Å². The maximum Gasteiger partial charge on any atom is 0.0216 e. The van der Waals surface area contributed by atoms with Crippen LogP contribution in [0, 0.1) is 3.57 Å². The lowest BCUT2D eigenvalue weighted by Gasteiger charge is -2.03. The Bertz CT molecular complexity index is 433. The summed E-state index contributed by atoms with van der Waals surface area (Å²) in [4.78, 5) is 0. The van der Waals surface area contributed by atoms with Crippen molar-refractivity contribution in [3.05, 3.63) is 44.2 Å². The second-order valence-electron chi connectivity index (χ2n) is 3.35. The second-order valence-corrected chi connectivity index (χ2v) is 5.34. The van der Waals surface area contributed by atoms with Gasteiger partial charge in [-0.15, -0.1) is 0 Å². The van der Waals surface area contributed by atoms with Gasteiger partial charge in [-0.2, -0.15) is 11.3 Å². The van der Waals surface area contributed by atoms with Crippen LogP contribution in [0.15, 0.2) is 35.0 Å². The number of benzene rings is 1. The summed E-state index contributed by atoms with van der Waals surface area (Å²) in [6.07, 6.45) is 0. The maximum atomic E-state index is 3.20. The van der Waals surface area contributed by atoms with Gasteiger partial charge in [0, 0.05) is 10.1 Å². The standard InChI is InChI=1S/C12H12INS/c1-14-6-10-7-15-8-12(10)9-2-4-11(13)5-3-9/h2-5,7-8,14H,6H2,1H3. The fraction of sp³-hybridized carbons (Fsp3) is 0.167. The molecule has 1 aromatic heterocycles. The first kappa shape index (κ1) is 11.1. The van der Waals surface area contributed by atoms with Gasteiger partial charge in [0.25, 0.3) is 0 Å². The number of nitrogens with one attached hydrogen (secondary N) is 1. The molecule has 0 aliphatic heterocycles. The predicted octanol–water partition coefficient (Wildman–Crippen LogP) is 3.74. The van der Waals surface area contributed by atoms with Gasteiger partial charge in [-0.1, -0.05) is 12.1 Å². The van der Waals surface area contributed by atoms with E-state index in [2.05, 4.69) is 62.9 Å². The van der Waals surface area contributed by atoms with Crippen molar-refractivity contribution < 1.29 is 0 Å². The Morgan fingerprint density at radius 1 is 1.20 bits per heavy atom. The monoisotopic (exact) mass is 329 g/mol. The Kier molecular flexibility index (Phi) is 3.77. The number of rotatable bonds is 3. The molecule has 2 rings (SSSR count). The zero-order valence-electron chi connectivity index (χ0n) is 8.46. The van der Waals surface area contributed by atoms with E-state index in [0.717, 1.165) is 6.54 Å². The molecule has 0 bridgehead atoms. The molecule has 0 radical (unpaired) electrons. The van der Waals surface area contributed by atoms with Crippen molar-refractivity contribution in [3.63, 3.8) is 0 Å². The van der Waals surface area contributed by atoms with Gasteiger partial charge in [0.15, 0.2) is 0 Å². The summed E-state index contributed by atoms with van der Waals surface area (Å²) in [6.45, 7) is 0.935. The molecule has 1 nitrogen and oxygen atoms in total. The van der Waals surface area contributed by atoms with Crippen LogP contribution in [-0.4, -0.2) is 7.05 Å². The van der Waals surface area contributed by atoms with Gasteiger partial charge in [0.2, 0.25) is 0 Å². The van der Waals surface area contributed by atoms with E-state index in [1.165, 1.54) is 20.3 Å². The molecule has 78 valence electrons. The molecule has 0 unspecified atom stereocenters. The third-order valence-corrected chi connectivity index (χ3v) is 3.78. The average Bonchev–Trinajstić information content (AvgIpc) is 2.68. The summed E-state index contributed by atoms with van der Waals surface area (Å²) in [5, 5.41) is 7.63. The highest BCUT2D eigenvalue weighted by Gasteiger charge is 2.04. The van der Waals surface area contributed by atoms with E-state index in [1.54, 1.807) is 11.3 Å². The van der Waals surface area contributed by atoms with Crippen LogP contribution in [0.3, 0.4) is 0 Å². The van der Waals surface area contributed by atoms with Crippen molar-refractivity contribution in [1.29, 1.82) is 0 Å². The topological polar surface area (TPSA) is 12.0 Å². The summed E-state index contributed by atoms with van der Waals surface area (Å²) in [6, 6.07) is 8.67. The van der Waals surface area contributed by atoms with Crippen LogP contribution in [0.4, 0.5) is 0 Å². The minimum absolute atomic E-state index is 0.935. The molecule has 1 N–H and O–H groups in total. The van der Waals surface area contributed by atoms with Gasteiger partial charge in [-0.05, 0) is 69.2 Å². The van der Waals surface area contributed by atoms with Gasteiger partial charge < -0.3 is 5.32 Å². The van der Waals surface area contributed by atoms with Crippen molar-refractivity contribution in [2.45, 2.75) is 6.54 Å². The van der Waals surface area contributed by atoms with E-state index in [4.69, 9.17) is 0 Å². The highest BCUT2D eigenvalue weighted by atomic mass is 127. The molecule has 15 heavy (non-hydrogen) atoms.